The van der Waals surface area contributed by atoms with E-state index in [-0.39, 0.29) is 24.9 Å². The molecule has 1 aromatic carbocycles. The van der Waals surface area contributed by atoms with Crippen LogP contribution in [-0.4, -0.2) is 39.2 Å². The normalized spacial score (nSPS) is 21.9. The Morgan fingerprint density at radius 3 is 2.45 bits per heavy atom. The second-order valence-electron chi connectivity index (χ2n) is 8.43. The van der Waals surface area contributed by atoms with Gasteiger partial charge in [-0.25, -0.2) is 0 Å². The van der Waals surface area contributed by atoms with Crippen molar-refractivity contribution in [1.29, 1.82) is 0 Å². The molecule has 2 aliphatic carbocycles. The van der Waals surface area contributed by atoms with Crippen LogP contribution in [0.1, 0.15) is 54.8 Å². The molecular weight excluding hydrogens is 414 g/mol. The van der Waals surface area contributed by atoms with Crippen LogP contribution in [0, 0.1) is 5.92 Å². The molecule has 0 bridgehead atoms. The van der Waals surface area contributed by atoms with Gasteiger partial charge in [-0.3, -0.25) is 9.48 Å². The van der Waals surface area contributed by atoms with Crippen LogP contribution in [-0.2, 0) is 17.8 Å². The van der Waals surface area contributed by atoms with Gasteiger partial charge in [-0.1, -0.05) is 36.8 Å². The van der Waals surface area contributed by atoms with Gasteiger partial charge in [0, 0.05) is 36.4 Å². The number of hydrogen-bond donors (Lipinski definition) is 2. The van der Waals surface area contributed by atoms with Gasteiger partial charge in [0.25, 0.3) is 0 Å². The summed E-state index contributed by atoms with van der Waals surface area (Å²) in [4.78, 5) is 12.4. The van der Waals surface area contributed by atoms with Gasteiger partial charge in [-0.15, -0.1) is 0 Å². The Morgan fingerprint density at radius 2 is 1.90 bits per heavy atom. The first-order chi connectivity index (χ1) is 14.7. The second kappa shape index (κ2) is 8.26. The summed E-state index contributed by atoms with van der Waals surface area (Å²) in [6, 6.07) is 9.69. The summed E-state index contributed by atoms with van der Waals surface area (Å²) >= 11 is 0. The summed E-state index contributed by atoms with van der Waals surface area (Å²) in [5.41, 5.74) is 2.75. The van der Waals surface area contributed by atoms with Gasteiger partial charge in [0.15, 0.2) is 5.82 Å². The molecule has 1 aromatic heterocycles. The smallest absolute Gasteiger partial charge is 0.313 e. The number of alkyl halides is 4. The number of amides is 1. The number of benzene rings is 1. The number of carbonyl (C=O) groups excluding carboxylic acids is 1. The first kappa shape index (κ1) is 21.8. The van der Waals surface area contributed by atoms with Gasteiger partial charge in [0.2, 0.25) is 5.91 Å². The van der Waals surface area contributed by atoms with Crippen molar-refractivity contribution >= 4 is 11.7 Å². The fraction of sp³-hybridized carbons (Fsp3) is 0.545. The highest BCUT2D eigenvalue weighted by molar-refractivity contribution is 5.91. The molecule has 1 atom stereocenters. The van der Waals surface area contributed by atoms with E-state index < -0.39 is 36.5 Å². The summed E-state index contributed by atoms with van der Waals surface area (Å²) in [6.07, 6.45) is 1.74. The third-order valence-corrected chi connectivity index (χ3v) is 6.33. The molecule has 0 radical (unpaired) electrons. The van der Waals surface area contributed by atoms with E-state index in [0.717, 1.165) is 36.1 Å². The lowest BCUT2D eigenvalue weighted by molar-refractivity contribution is -0.313. The number of anilines is 1. The predicted octanol–water partition coefficient (Wildman–Crippen LogP) is 4.35. The zero-order chi connectivity index (χ0) is 22.2. The fourth-order valence-corrected chi connectivity index (χ4v) is 4.33. The van der Waals surface area contributed by atoms with Gasteiger partial charge in [0.1, 0.15) is 0 Å². The van der Waals surface area contributed by atoms with E-state index in [9.17, 15) is 27.5 Å². The van der Waals surface area contributed by atoms with Crippen LogP contribution in [0.15, 0.2) is 30.3 Å². The first-order valence-electron chi connectivity index (χ1n) is 10.5. The molecule has 2 N–H and O–H groups in total. The third-order valence-electron chi connectivity index (χ3n) is 6.33. The average molecular weight is 439 g/mol. The molecule has 2 aliphatic rings. The molecule has 0 unspecified atom stereocenters. The van der Waals surface area contributed by atoms with E-state index in [1.807, 2.05) is 30.3 Å². The maximum atomic E-state index is 13.6. The Balaban J connectivity index is 1.58. The number of hydrogen-bond acceptors (Lipinski definition) is 3. The molecule has 1 amide bonds. The van der Waals surface area contributed by atoms with Gasteiger partial charge in [0.05, 0.1) is 13.2 Å². The Hall–Kier alpha value is -2.42. The van der Waals surface area contributed by atoms with E-state index in [2.05, 4.69) is 10.4 Å². The van der Waals surface area contributed by atoms with Crippen LogP contribution in [0.4, 0.5) is 23.4 Å². The van der Waals surface area contributed by atoms with Crippen LogP contribution in [0.5, 0.6) is 0 Å². The van der Waals surface area contributed by atoms with Crippen molar-refractivity contribution in [3.8, 4) is 0 Å². The average Bonchev–Trinajstić information content (AvgIpc) is 2.98. The minimum absolute atomic E-state index is 0.148. The van der Waals surface area contributed by atoms with Crippen molar-refractivity contribution in [2.75, 3.05) is 11.9 Å². The van der Waals surface area contributed by atoms with Crippen LogP contribution >= 0.6 is 0 Å². The summed E-state index contributed by atoms with van der Waals surface area (Å²) in [7, 11) is 0. The van der Waals surface area contributed by atoms with Crippen molar-refractivity contribution in [3.63, 3.8) is 0 Å². The van der Waals surface area contributed by atoms with E-state index in [0.29, 0.717) is 6.42 Å². The number of nitrogens with zero attached hydrogens (tertiary/aromatic N) is 2. The molecule has 2 aromatic rings. The lowest BCUT2D eigenvalue weighted by Gasteiger charge is -2.43. The molecule has 5 nitrogen and oxygen atoms in total. The molecule has 2 saturated carbocycles. The van der Waals surface area contributed by atoms with E-state index in [1.54, 1.807) is 4.68 Å². The van der Waals surface area contributed by atoms with Crippen molar-refractivity contribution in [2.45, 2.75) is 62.8 Å². The first-order valence-corrected chi connectivity index (χ1v) is 10.5. The highest BCUT2D eigenvalue weighted by Gasteiger charge is 2.71. The number of nitrogens with one attached hydrogen (secondary N) is 1. The van der Waals surface area contributed by atoms with Gasteiger partial charge in [-0.05, 0) is 24.3 Å². The van der Waals surface area contributed by atoms with E-state index >= 15 is 0 Å². The van der Waals surface area contributed by atoms with Gasteiger partial charge >= 0.3 is 11.8 Å². The molecule has 0 saturated heterocycles. The van der Waals surface area contributed by atoms with E-state index in [1.165, 1.54) is 0 Å². The maximum absolute atomic E-state index is 13.6. The number of aromatic nitrogens is 2. The number of halogens is 4. The summed E-state index contributed by atoms with van der Waals surface area (Å²) in [5, 5.41) is 16.5. The topological polar surface area (TPSA) is 67.2 Å². The largest absolute Gasteiger partial charge is 0.394 e. The lowest BCUT2D eigenvalue weighted by Crippen LogP contribution is -2.59. The third kappa shape index (κ3) is 4.07. The number of carbonyl (C=O) groups is 1. The highest BCUT2D eigenvalue weighted by atomic mass is 19.3. The molecule has 9 heteroatoms. The number of aliphatic hydroxyl groups excluding tert-OH is 1. The zero-order valence-corrected chi connectivity index (χ0v) is 17.0. The van der Waals surface area contributed by atoms with Crippen molar-refractivity contribution in [2.24, 2.45) is 5.92 Å². The van der Waals surface area contributed by atoms with Gasteiger partial charge < -0.3 is 10.4 Å². The molecule has 4 rings (SSSR count). The molecule has 2 fully saturated rings. The standard InChI is InChI=1S/C22H25F4N3O2/c23-21(24)13-16(22(21,25)26)12-18(31)27-20-19(15-7-4-8-15)17(29(28-20)9-10-30)11-14-5-2-1-3-6-14/h1-3,5-6,15-16,30H,4,7-13H2,(H,27,28,31)/t16-/m1/s1. The highest BCUT2D eigenvalue weighted by Crippen LogP contribution is 2.56. The Bertz CT molecular complexity index is 942. The minimum Gasteiger partial charge on any atom is -0.394 e. The molecule has 0 aliphatic heterocycles. The van der Waals surface area contributed by atoms with Crippen molar-refractivity contribution in [1.82, 2.24) is 9.78 Å². The van der Waals surface area contributed by atoms with Crippen molar-refractivity contribution < 1.29 is 27.5 Å². The summed E-state index contributed by atoms with van der Waals surface area (Å²) < 4.78 is 55.0. The monoisotopic (exact) mass is 439 g/mol. The van der Waals surface area contributed by atoms with Gasteiger partial charge in [-0.2, -0.15) is 22.7 Å². The Labute approximate surface area is 177 Å². The van der Waals surface area contributed by atoms with Crippen LogP contribution in [0.25, 0.3) is 0 Å². The second-order valence-corrected chi connectivity index (χ2v) is 8.43. The minimum atomic E-state index is -4.17. The van der Waals surface area contributed by atoms with Crippen LogP contribution in [0.2, 0.25) is 0 Å². The quantitative estimate of drug-likeness (QED) is 0.601. The molecule has 168 valence electrons. The van der Waals surface area contributed by atoms with E-state index in [4.69, 9.17) is 0 Å². The van der Waals surface area contributed by atoms with Crippen LogP contribution in [0.3, 0.4) is 0 Å². The van der Waals surface area contributed by atoms with Crippen LogP contribution < -0.4 is 5.32 Å². The molecule has 1 heterocycles. The summed E-state index contributed by atoms with van der Waals surface area (Å²) in [6.45, 7) is 0.0784. The Kier molecular flexibility index (Phi) is 5.81. The molecule has 31 heavy (non-hydrogen) atoms. The number of rotatable bonds is 8. The number of aliphatic hydroxyl groups is 1. The molecular formula is C22H25F4N3O2. The zero-order valence-electron chi connectivity index (χ0n) is 17.0. The molecule has 0 spiro atoms. The summed E-state index contributed by atoms with van der Waals surface area (Å²) in [5.74, 6) is -10.2. The SMILES string of the molecule is O=C(C[C@@H]1CC(F)(F)C1(F)F)Nc1nn(CCO)c(Cc2ccccc2)c1C1CCC1. The lowest BCUT2D eigenvalue weighted by atomic mass is 9.74. The van der Waals surface area contributed by atoms with Crippen molar-refractivity contribution in [3.05, 3.63) is 47.2 Å². The predicted molar refractivity (Wildman–Crippen MR) is 106 cm³/mol. The Morgan fingerprint density at radius 1 is 1.19 bits per heavy atom. The fourth-order valence-electron chi connectivity index (χ4n) is 4.33. The maximum Gasteiger partial charge on any atom is 0.313 e.